The number of rotatable bonds is 4. The standard InChI is InChI=1S/C13H15BrO2/c1-10(11-6-4-3-5-7-11)12(8-9-14)13(15)16-2/h3-7H,8-9H2,1-2H3. The molecule has 1 rings (SSSR count). The number of hydrogen-bond acceptors (Lipinski definition) is 2. The lowest BCUT2D eigenvalue weighted by atomic mass is 10.00. The van der Waals surface area contributed by atoms with Gasteiger partial charge in [-0.2, -0.15) is 0 Å². The fourth-order valence-electron chi connectivity index (χ4n) is 1.52. The number of carbonyl (C=O) groups is 1. The summed E-state index contributed by atoms with van der Waals surface area (Å²) >= 11 is 3.35. The summed E-state index contributed by atoms with van der Waals surface area (Å²) < 4.78 is 4.79. The minimum absolute atomic E-state index is 0.249. The summed E-state index contributed by atoms with van der Waals surface area (Å²) in [7, 11) is 1.41. The van der Waals surface area contributed by atoms with Gasteiger partial charge in [0, 0.05) is 10.9 Å². The molecule has 0 heterocycles. The number of benzene rings is 1. The summed E-state index contributed by atoms with van der Waals surface area (Å²) in [5.74, 6) is -0.249. The van der Waals surface area contributed by atoms with Gasteiger partial charge in [-0.3, -0.25) is 0 Å². The van der Waals surface area contributed by atoms with Crippen molar-refractivity contribution in [2.45, 2.75) is 13.3 Å². The molecule has 3 heteroatoms. The van der Waals surface area contributed by atoms with Crippen molar-refractivity contribution in [2.24, 2.45) is 0 Å². The molecular weight excluding hydrogens is 268 g/mol. The van der Waals surface area contributed by atoms with Crippen molar-refractivity contribution >= 4 is 27.5 Å². The monoisotopic (exact) mass is 282 g/mol. The predicted octanol–water partition coefficient (Wildman–Crippen LogP) is 3.42. The minimum atomic E-state index is -0.249. The van der Waals surface area contributed by atoms with E-state index in [1.165, 1.54) is 7.11 Å². The quantitative estimate of drug-likeness (QED) is 0.481. The average Bonchev–Trinajstić information content (AvgIpc) is 2.35. The molecule has 0 saturated heterocycles. The van der Waals surface area contributed by atoms with E-state index < -0.39 is 0 Å². The van der Waals surface area contributed by atoms with Gasteiger partial charge in [0.2, 0.25) is 0 Å². The molecule has 0 bridgehead atoms. The van der Waals surface area contributed by atoms with Crippen molar-refractivity contribution < 1.29 is 9.53 Å². The molecule has 0 aliphatic rings. The van der Waals surface area contributed by atoms with Crippen LogP contribution in [0.1, 0.15) is 18.9 Å². The zero-order valence-electron chi connectivity index (χ0n) is 9.50. The first kappa shape index (κ1) is 13.0. The van der Waals surface area contributed by atoms with Crippen LogP contribution in [0.25, 0.3) is 5.57 Å². The Bertz CT molecular complexity index is 382. The molecule has 16 heavy (non-hydrogen) atoms. The van der Waals surface area contributed by atoms with E-state index in [0.717, 1.165) is 22.0 Å². The third-order valence-electron chi connectivity index (χ3n) is 2.44. The lowest BCUT2D eigenvalue weighted by Gasteiger charge is -2.09. The SMILES string of the molecule is COC(=O)C(CCBr)=C(C)c1ccccc1. The van der Waals surface area contributed by atoms with Gasteiger partial charge in [-0.25, -0.2) is 4.79 Å². The summed E-state index contributed by atoms with van der Waals surface area (Å²) in [6.45, 7) is 1.95. The van der Waals surface area contributed by atoms with Crippen LogP contribution in [0.2, 0.25) is 0 Å². The second-order valence-corrected chi connectivity index (χ2v) is 4.19. The Labute approximate surface area is 104 Å². The number of methoxy groups -OCH3 is 1. The Balaban J connectivity index is 3.11. The maximum absolute atomic E-state index is 11.6. The van der Waals surface area contributed by atoms with Gasteiger partial charge in [0.1, 0.15) is 0 Å². The number of alkyl halides is 1. The smallest absolute Gasteiger partial charge is 0.334 e. The highest BCUT2D eigenvalue weighted by Crippen LogP contribution is 2.21. The number of allylic oxidation sites excluding steroid dienone is 1. The second-order valence-electron chi connectivity index (χ2n) is 3.40. The third-order valence-corrected chi connectivity index (χ3v) is 2.83. The number of hydrogen-bond donors (Lipinski definition) is 0. The highest BCUT2D eigenvalue weighted by atomic mass is 79.9. The molecule has 0 radical (unpaired) electrons. The molecule has 1 aromatic rings. The molecule has 0 unspecified atom stereocenters. The van der Waals surface area contributed by atoms with Crippen LogP contribution >= 0.6 is 15.9 Å². The van der Waals surface area contributed by atoms with Gasteiger partial charge in [-0.15, -0.1) is 0 Å². The zero-order valence-corrected chi connectivity index (χ0v) is 11.1. The van der Waals surface area contributed by atoms with E-state index in [-0.39, 0.29) is 5.97 Å². The van der Waals surface area contributed by atoms with Crippen molar-refractivity contribution in [3.8, 4) is 0 Å². The first-order valence-electron chi connectivity index (χ1n) is 5.10. The van der Waals surface area contributed by atoms with Crippen LogP contribution in [-0.4, -0.2) is 18.4 Å². The highest BCUT2D eigenvalue weighted by molar-refractivity contribution is 9.09. The summed E-state index contributed by atoms with van der Waals surface area (Å²) in [6.07, 6.45) is 0.674. The second kappa shape index (κ2) is 6.48. The van der Waals surface area contributed by atoms with Gasteiger partial charge in [-0.1, -0.05) is 46.3 Å². The summed E-state index contributed by atoms with van der Waals surface area (Å²) in [4.78, 5) is 11.6. The maximum atomic E-state index is 11.6. The first-order valence-corrected chi connectivity index (χ1v) is 6.22. The van der Waals surface area contributed by atoms with Crippen LogP contribution in [0.5, 0.6) is 0 Å². The van der Waals surface area contributed by atoms with E-state index in [2.05, 4.69) is 15.9 Å². The Hall–Kier alpha value is -1.09. The largest absolute Gasteiger partial charge is 0.466 e. The fraction of sp³-hybridized carbons (Fsp3) is 0.308. The van der Waals surface area contributed by atoms with Gasteiger partial charge in [-0.05, 0) is 24.5 Å². The Morgan fingerprint density at radius 2 is 1.94 bits per heavy atom. The molecule has 0 aliphatic heterocycles. The molecule has 0 spiro atoms. The first-order chi connectivity index (χ1) is 7.70. The maximum Gasteiger partial charge on any atom is 0.334 e. The van der Waals surface area contributed by atoms with E-state index in [4.69, 9.17) is 4.74 Å². The minimum Gasteiger partial charge on any atom is -0.466 e. The van der Waals surface area contributed by atoms with Crippen LogP contribution in [0.15, 0.2) is 35.9 Å². The number of halogens is 1. The normalized spacial score (nSPS) is 11.9. The van der Waals surface area contributed by atoms with Crippen molar-refractivity contribution in [1.82, 2.24) is 0 Å². The van der Waals surface area contributed by atoms with Gasteiger partial charge < -0.3 is 4.74 Å². The molecule has 0 saturated carbocycles. The van der Waals surface area contributed by atoms with E-state index in [1.54, 1.807) is 0 Å². The molecule has 0 aliphatic carbocycles. The summed E-state index contributed by atoms with van der Waals surface area (Å²) in [5.41, 5.74) is 2.77. The van der Waals surface area contributed by atoms with Crippen molar-refractivity contribution in [3.05, 3.63) is 41.5 Å². The number of esters is 1. The molecule has 0 aromatic heterocycles. The molecule has 0 atom stereocenters. The van der Waals surface area contributed by atoms with Crippen LogP contribution in [-0.2, 0) is 9.53 Å². The number of ether oxygens (including phenoxy) is 1. The van der Waals surface area contributed by atoms with Crippen LogP contribution in [0.4, 0.5) is 0 Å². The third kappa shape index (κ3) is 3.20. The number of carbonyl (C=O) groups excluding carboxylic acids is 1. The topological polar surface area (TPSA) is 26.3 Å². The fourth-order valence-corrected chi connectivity index (χ4v) is 1.92. The van der Waals surface area contributed by atoms with Gasteiger partial charge in [0.25, 0.3) is 0 Å². The molecule has 2 nitrogen and oxygen atoms in total. The molecule has 1 aromatic carbocycles. The zero-order chi connectivity index (χ0) is 12.0. The van der Waals surface area contributed by atoms with Gasteiger partial charge >= 0.3 is 5.97 Å². The molecule has 0 fully saturated rings. The predicted molar refractivity (Wildman–Crippen MR) is 69.5 cm³/mol. The van der Waals surface area contributed by atoms with Crippen molar-refractivity contribution in [3.63, 3.8) is 0 Å². The van der Waals surface area contributed by atoms with Crippen LogP contribution in [0, 0.1) is 0 Å². The Morgan fingerprint density at radius 3 is 2.44 bits per heavy atom. The van der Waals surface area contributed by atoms with Gasteiger partial charge in [0.15, 0.2) is 0 Å². The lowest BCUT2D eigenvalue weighted by Crippen LogP contribution is -2.07. The van der Waals surface area contributed by atoms with E-state index in [0.29, 0.717) is 6.42 Å². The van der Waals surface area contributed by atoms with Crippen LogP contribution in [0.3, 0.4) is 0 Å². The van der Waals surface area contributed by atoms with E-state index >= 15 is 0 Å². The van der Waals surface area contributed by atoms with E-state index in [9.17, 15) is 4.79 Å². The molecule has 0 N–H and O–H groups in total. The van der Waals surface area contributed by atoms with Gasteiger partial charge in [0.05, 0.1) is 7.11 Å². The van der Waals surface area contributed by atoms with Crippen LogP contribution < -0.4 is 0 Å². The molecular formula is C13H15BrO2. The molecule has 0 amide bonds. The van der Waals surface area contributed by atoms with Crippen molar-refractivity contribution in [1.29, 1.82) is 0 Å². The van der Waals surface area contributed by atoms with Crippen molar-refractivity contribution in [2.75, 3.05) is 12.4 Å². The van der Waals surface area contributed by atoms with E-state index in [1.807, 2.05) is 37.3 Å². The average molecular weight is 283 g/mol. The summed E-state index contributed by atoms with van der Waals surface area (Å²) in [6, 6.07) is 9.86. The Kier molecular flexibility index (Phi) is 5.26. The highest BCUT2D eigenvalue weighted by Gasteiger charge is 2.13. The molecule has 86 valence electrons. The lowest BCUT2D eigenvalue weighted by molar-refractivity contribution is -0.136. The Morgan fingerprint density at radius 1 is 1.31 bits per heavy atom. The summed E-state index contributed by atoms with van der Waals surface area (Å²) in [5, 5.41) is 0.752.